The number of hydrogen-bond acceptors (Lipinski definition) is 1. The van der Waals surface area contributed by atoms with Crippen LogP contribution in [0.1, 0.15) is 29.0 Å². The van der Waals surface area contributed by atoms with Crippen molar-refractivity contribution >= 4 is 22.7 Å². The zero-order valence-electron chi connectivity index (χ0n) is 13.9. The Balaban J connectivity index is 1.78. The molecule has 1 N–H and O–H groups in total. The topological polar surface area (TPSA) is 15.8 Å². The molecule has 2 atom stereocenters. The second-order valence-corrected chi connectivity index (χ2v) is 8.35. The van der Waals surface area contributed by atoms with Crippen molar-refractivity contribution in [2.75, 3.05) is 0 Å². The number of aromatic amines is 1. The van der Waals surface area contributed by atoms with Crippen molar-refractivity contribution in [3.05, 3.63) is 89.6 Å². The molecular formula is C23H17NS. The highest BCUT2D eigenvalue weighted by Gasteiger charge is 2.51. The van der Waals surface area contributed by atoms with Crippen molar-refractivity contribution in [1.82, 2.24) is 4.98 Å². The standard InChI is InChI=1S/C23H17NS/c1-23-16-10-4-2-8-14(16)20-15-9-3-6-12-18(15)24-21(20)22(23)25-19-13-7-5-11-17(19)23/h2-13,22,24H,1H3/t22-,23-/m1/s1. The van der Waals surface area contributed by atoms with Gasteiger partial charge in [-0.1, -0.05) is 60.7 Å². The van der Waals surface area contributed by atoms with E-state index in [-0.39, 0.29) is 5.41 Å². The van der Waals surface area contributed by atoms with Gasteiger partial charge in [0.2, 0.25) is 0 Å². The summed E-state index contributed by atoms with van der Waals surface area (Å²) in [6.07, 6.45) is 0. The van der Waals surface area contributed by atoms with E-state index in [2.05, 4.69) is 84.7 Å². The summed E-state index contributed by atoms with van der Waals surface area (Å²) in [6.45, 7) is 2.42. The predicted octanol–water partition coefficient (Wildman–Crippen LogP) is 6.30. The number of hydrogen-bond donors (Lipinski definition) is 1. The molecule has 2 aliphatic rings. The van der Waals surface area contributed by atoms with E-state index in [1.54, 1.807) is 0 Å². The van der Waals surface area contributed by atoms with Gasteiger partial charge in [-0.3, -0.25) is 0 Å². The lowest BCUT2D eigenvalue weighted by atomic mass is 9.66. The number of H-pyrrole nitrogens is 1. The Morgan fingerprint density at radius 1 is 0.840 bits per heavy atom. The van der Waals surface area contributed by atoms with Crippen LogP contribution in [0, 0.1) is 0 Å². The Kier molecular flexibility index (Phi) is 2.53. The van der Waals surface area contributed by atoms with Gasteiger partial charge in [-0.2, -0.15) is 0 Å². The van der Waals surface area contributed by atoms with Gasteiger partial charge in [0.15, 0.2) is 0 Å². The zero-order chi connectivity index (χ0) is 16.6. The molecule has 25 heavy (non-hydrogen) atoms. The number of fused-ring (bicyclic) bond motifs is 10. The Hall–Kier alpha value is -2.45. The van der Waals surface area contributed by atoms with Gasteiger partial charge in [0, 0.05) is 32.5 Å². The smallest absolute Gasteiger partial charge is 0.0637 e. The molecule has 1 nitrogen and oxygen atoms in total. The Labute approximate surface area is 151 Å². The lowest BCUT2D eigenvalue weighted by Gasteiger charge is -2.38. The van der Waals surface area contributed by atoms with E-state index in [9.17, 15) is 0 Å². The zero-order valence-corrected chi connectivity index (χ0v) is 14.7. The minimum absolute atomic E-state index is 0.00568. The van der Waals surface area contributed by atoms with Gasteiger partial charge in [0.1, 0.15) is 0 Å². The molecule has 0 fully saturated rings. The van der Waals surface area contributed by atoms with E-state index in [1.165, 1.54) is 43.7 Å². The van der Waals surface area contributed by atoms with Crippen LogP contribution in [0.2, 0.25) is 0 Å². The first kappa shape index (κ1) is 13.8. The Morgan fingerprint density at radius 2 is 1.56 bits per heavy atom. The highest BCUT2D eigenvalue weighted by molar-refractivity contribution is 8.00. The van der Waals surface area contributed by atoms with Crippen molar-refractivity contribution in [2.24, 2.45) is 0 Å². The van der Waals surface area contributed by atoms with Crippen molar-refractivity contribution in [3.8, 4) is 11.1 Å². The van der Waals surface area contributed by atoms with Crippen LogP contribution in [-0.2, 0) is 5.41 Å². The van der Waals surface area contributed by atoms with Gasteiger partial charge in [-0.25, -0.2) is 0 Å². The molecule has 4 aromatic rings. The molecule has 0 saturated heterocycles. The lowest BCUT2D eigenvalue weighted by Crippen LogP contribution is -2.30. The molecule has 1 aromatic heterocycles. The number of para-hydroxylation sites is 1. The first-order valence-corrected chi connectivity index (χ1v) is 9.63. The average molecular weight is 339 g/mol. The van der Waals surface area contributed by atoms with E-state index in [4.69, 9.17) is 0 Å². The maximum Gasteiger partial charge on any atom is 0.0637 e. The number of aromatic nitrogens is 1. The summed E-state index contributed by atoms with van der Waals surface area (Å²) in [5.74, 6) is 0. The number of thioether (sulfide) groups is 1. The van der Waals surface area contributed by atoms with Gasteiger partial charge in [-0.05, 0) is 35.7 Å². The molecule has 2 heteroatoms. The number of rotatable bonds is 0. The summed E-state index contributed by atoms with van der Waals surface area (Å²) in [5.41, 5.74) is 8.31. The van der Waals surface area contributed by atoms with Crippen LogP contribution in [0.15, 0.2) is 77.7 Å². The van der Waals surface area contributed by atoms with Gasteiger partial charge in [-0.15, -0.1) is 11.8 Å². The van der Waals surface area contributed by atoms with Crippen LogP contribution in [0.25, 0.3) is 22.0 Å². The monoisotopic (exact) mass is 339 g/mol. The number of benzene rings is 3. The Bertz CT molecular complexity index is 1160. The van der Waals surface area contributed by atoms with Crippen LogP contribution >= 0.6 is 11.8 Å². The maximum atomic E-state index is 3.77. The summed E-state index contributed by atoms with van der Waals surface area (Å²) in [7, 11) is 0. The fraction of sp³-hybridized carbons (Fsp3) is 0.130. The van der Waals surface area contributed by atoms with E-state index in [1.807, 2.05) is 11.8 Å². The minimum atomic E-state index is 0.00568. The summed E-state index contributed by atoms with van der Waals surface area (Å²) < 4.78 is 0. The van der Waals surface area contributed by atoms with Gasteiger partial charge in [0.05, 0.1) is 5.25 Å². The first-order valence-electron chi connectivity index (χ1n) is 8.75. The van der Waals surface area contributed by atoms with Crippen molar-refractivity contribution < 1.29 is 0 Å². The summed E-state index contributed by atoms with van der Waals surface area (Å²) in [5, 5.41) is 1.73. The molecule has 1 aliphatic carbocycles. The third-order valence-corrected chi connectivity index (χ3v) is 7.52. The molecule has 6 rings (SSSR count). The van der Waals surface area contributed by atoms with Crippen LogP contribution < -0.4 is 0 Å². The molecule has 0 amide bonds. The summed E-state index contributed by atoms with van der Waals surface area (Å²) in [6, 6.07) is 26.6. The van der Waals surface area contributed by atoms with E-state index in [0.717, 1.165) is 0 Å². The van der Waals surface area contributed by atoms with Gasteiger partial charge >= 0.3 is 0 Å². The highest BCUT2D eigenvalue weighted by Crippen LogP contribution is 2.65. The normalized spacial score (nSPS) is 23.0. The number of nitrogens with one attached hydrogen (secondary N) is 1. The Morgan fingerprint density at radius 3 is 2.48 bits per heavy atom. The largest absolute Gasteiger partial charge is 0.357 e. The minimum Gasteiger partial charge on any atom is -0.357 e. The molecular weight excluding hydrogens is 322 g/mol. The summed E-state index contributed by atoms with van der Waals surface area (Å²) >= 11 is 2.01. The fourth-order valence-electron chi connectivity index (χ4n) is 4.82. The molecule has 0 spiro atoms. The highest BCUT2D eigenvalue weighted by atomic mass is 32.2. The van der Waals surface area contributed by atoms with E-state index in [0.29, 0.717) is 5.25 Å². The third-order valence-electron chi connectivity index (χ3n) is 5.97. The van der Waals surface area contributed by atoms with E-state index >= 15 is 0 Å². The van der Waals surface area contributed by atoms with Crippen molar-refractivity contribution in [3.63, 3.8) is 0 Å². The third kappa shape index (κ3) is 1.56. The molecule has 0 unspecified atom stereocenters. The van der Waals surface area contributed by atoms with Crippen LogP contribution in [-0.4, -0.2) is 4.98 Å². The molecule has 0 saturated carbocycles. The first-order chi connectivity index (χ1) is 12.3. The molecule has 0 radical (unpaired) electrons. The molecule has 2 heterocycles. The SMILES string of the molecule is C[C@@]12c3ccccc3S[C@@H]1c1[nH]c3ccccc3c1-c1ccccc12. The van der Waals surface area contributed by atoms with Crippen molar-refractivity contribution in [2.45, 2.75) is 22.5 Å². The predicted molar refractivity (Wildman–Crippen MR) is 105 cm³/mol. The lowest BCUT2D eigenvalue weighted by molar-refractivity contribution is 0.550. The van der Waals surface area contributed by atoms with Crippen molar-refractivity contribution in [1.29, 1.82) is 0 Å². The molecule has 120 valence electrons. The maximum absolute atomic E-state index is 3.77. The quantitative estimate of drug-likeness (QED) is 0.397. The molecule has 3 aromatic carbocycles. The molecule has 0 bridgehead atoms. The second-order valence-electron chi connectivity index (χ2n) is 7.20. The van der Waals surface area contributed by atoms with Crippen LogP contribution in [0.5, 0.6) is 0 Å². The van der Waals surface area contributed by atoms with Gasteiger partial charge < -0.3 is 4.98 Å². The fourth-order valence-corrected chi connectivity index (χ4v) is 6.42. The van der Waals surface area contributed by atoms with E-state index < -0.39 is 0 Å². The molecule has 1 aliphatic heterocycles. The van der Waals surface area contributed by atoms with Crippen LogP contribution in [0.4, 0.5) is 0 Å². The average Bonchev–Trinajstić information content (AvgIpc) is 3.18. The second kappa shape index (κ2) is 4.59. The van der Waals surface area contributed by atoms with Gasteiger partial charge in [0.25, 0.3) is 0 Å². The van der Waals surface area contributed by atoms with Crippen LogP contribution in [0.3, 0.4) is 0 Å². The summed E-state index contributed by atoms with van der Waals surface area (Å²) in [4.78, 5) is 5.18.